The zero-order valence-electron chi connectivity index (χ0n) is 8.13. The van der Waals surface area contributed by atoms with Crippen molar-refractivity contribution in [2.75, 3.05) is 13.1 Å². The van der Waals surface area contributed by atoms with Gasteiger partial charge in [-0.25, -0.2) is 0 Å². The highest BCUT2D eigenvalue weighted by molar-refractivity contribution is 5.94. The monoisotopic (exact) mass is 181 g/mol. The number of rotatable bonds is 2. The lowest BCUT2D eigenvalue weighted by Gasteiger charge is -2.45. The zero-order valence-corrected chi connectivity index (χ0v) is 8.13. The van der Waals surface area contributed by atoms with Crippen molar-refractivity contribution >= 4 is 5.91 Å². The van der Waals surface area contributed by atoms with Crippen molar-refractivity contribution in [1.29, 1.82) is 0 Å². The van der Waals surface area contributed by atoms with Gasteiger partial charge in [0, 0.05) is 0 Å². The molecule has 1 heterocycles. The molecule has 1 amide bonds. The second kappa shape index (κ2) is 3.80. The van der Waals surface area contributed by atoms with Crippen LogP contribution in [0.1, 0.15) is 26.7 Å². The number of aliphatic hydroxyl groups is 1. The molecule has 0 saturated carbocycles. The zero-order chi connectivity index (χ0) is 9.90. The molecule has 0 aromatic heterocycles. The summed E-state index contributed by atoms with van der Waals surface area (Å²) in [4.78, 5) is 12.7. The van der Waals surface area contributed by atoms with E-state index < -0.39 is 5.60 Å². The van der Waals surface area contributed by atoms with Crippen LogP contribution in [0.25, 0.3) is 0 Å². The average molecular weight is 181 g/mol. The van der Waals surface area contributed by atoms with Gasteiger partial charge in [-0.15, -0.1) is 0 Å². The van der Waals surface area contributed by atoms with Crippen LogP contribution in [0, 0.1) is 11.8 Å². The highest BCUT2D eigenvalue weighted by Gasteiger charge is 2.42. The van der Waals surface area contributed by atoms with Crippen LogP contribution >= 0.6 is 0 Å². The molecule has 0 radical (unpaired) electrons. The third kappa shape index (κ3) is 2.22. The minimum Gasteiger partial charge on any atom is -0.386 e. The van der Waals surface area contributed by atoms with Gasteiger partial charge in [-0.2, -0.15) is 0 Å². The first-order valence-electron chi connectivity index (χ1n) is 4.55. The van der Waals surface area contributed by atoms with E-state index in [1.807, 2.05) is 6.92 Å². The predicted molar refractivity (Wildman–Crippen MR) is 49.9 cm³/mol. The lowest BCUT2D eigenvalue weighted by atomic mass is 9.89. The van der Waals surface area contributed by atoms with E-state index in [-0.39, 0.29) is 5.91 Å². The second-order valence-corrected chi connectivity index (χ2v) is 3.51. The number of carbonyl (C=O) groups is 1. The Morgan fingerprint density at radius 3 is 2.69 bits per heavy atom. The Morgan fingerprint density at radius 1 is 1.62 bits per heavy atom. The fourth-order valence-electron chi connectivity index (χ4n) is 1.62. The van der Waals surface area contributed by atoms with Gasteiger partial charge in [0.2, 0.25) is 0 Å². The van der Waals surface area contributed by atoms with Gasteiger partial charge in [0.15, 0.2) is 0 Å². The van der Waals surface area contributed by atoms with Gasteiger partial charge in [-0.05, 0) is 19.3 Å². The summed E-state index contributed by atoms with van der Waals surface area (Å²) in [5.41, 5.74) is -0.639. The molecule has 1 N–H and O–H groups in total. The normalized spacial score (nSPS) is 18.5. The molecule has 0 bridgehead atoms. The van der Waals surface area contributed by atoms with E-state index in [2.05, 4.69) is 11.8 Å². The summed E-state index contributed by atoms with van der Waals surface area (Å²) in [5, 5.41) is 9.76. The lowest BCUT2D eigenvalue weighted by Crippen LogP contribution is -2.63. The van der Waals surface area contributed by atoms with Crippen molar-refractivity contribution in [3.63, 3.8) is 0 Å². The van der Waals surface area contributed by atoms with Crippen LogP contribution in [0.3, 0.4) is 0 Å². The molecule has 0 atom stereocenters. The molecule has 1 saturated heterocycles. The van der Waals surface area contributed by atoms with Crippen molar-refractivity contribution in [3.05, 3.63) is 0 Å². The first-order chi connectivity index (χ1) is 6.11. The van der Waals surface area contributed by atoms with E-state index in [1.54, 1.807) is 11.8 Å². The average Bonchev–Trinajstić information content (AvgIpc) is 2.01. The number of likely N-dealkylation sites (tertiary alicyclic amines) is 1. The lowest BCUT2D eigenvalue weighted by molar-refractivity contribution is -0.150. The third-order valence-corrected chi connectivity index (χ3v) is 2.20. The molecule has 1 aliphatic heterocycles. The largest absolute Gasteiger partial charge is 0.386 e. The second-order valence-electron chi connectivity index (χ2n) is 3.51. The summed E-state index contributed by atoms with van der Waals surface area (Å²) in [6, 6.07) is 0. The van der Waals surface area contributed by atoms with E-state index in [0.29, 0.717) is 13.1 Å². The molecular weight excluding hydrogens is 166 g/mol. The predicted octanol–water partition coefficient (Wildman–Crippen LogP) is 0.383. The summed E-state index contributed by atoms with van der Waals surface area (Å²) >= 11 is 0. The Labute approximate surface area is 78.7 Å². The maximum Gasteiger partial charge on any atom is 0.298 e. The fraction of sp³-hybridized carbons (Fsp3) is 0.700. The van der Waals surface area contributed by atoms with Gasteiger partial charge in [0.05, 0.1) is 18.7 Å². The van der Waals surface area contributed by atoms with Crippen molar-refractivity contribution in [2.45, 2.75) is 32.3 Å². The topological polar surface area (TPSA) is 40.5 Å². The molecule has 1 aliphatic rings. The van der Waals surface area contributed by atoms with Crippen LogP contribution in [-0.2, 0) is 4.79 Å². The molecular formula is C10H15NO2. The van der Waals surface area contributed by atoms with Crippen molar-refractivity contribution < 1.29 is 9.90 Å². The Morgan fingerprint density at radius 2 is 2.23 bits per heavy atom. The number of nitrogens with zero attached hydrogens (tertiary/aromatic N) is 1. The van der Waals surface area contributed by atoms with Crippen molar-refractivity contribution in [2.24, 2.45) is 0 Å². The maximum absolute atomic E-state index is 11.2. The Hall–Kier alpha value is -1.01. The summed E-state index contributed by atoms with van der Waals surface area (Å²) in [7, 11) is 0. The highest BCUT2D eigenvalue weighted by atomic mass is 16.3. The van der Waals surface area contributed by atoms with E-state index >= 15 is 0 Å². The molecule has 13 heavy (non-hydrogen) atoms. The van der Waals surface area contributed by atoms with Crippen LogP contribution in [0.2, 0.25) is 0 Å². The van der Waals surface area contributed by atoms with Gasteiger partial charge < -0.3 is 10.0 Å². The van der Waals surface area contributed by atoms with E-state index in [1.165, 1.54) is 0 Å². The van der Waals surface area contributed by atoms with E-state index in [9.17, 15) is 9.90 Å². The molecule has 0 aromatic rings. The van der Waals surface area contributed by atoms with Crippen LogP contribution in [-0.4, -0.2) is 34.6 Å². The first kappa shape index (κ1) is 10.1. The number of amides is 1. The van der Waals surface area contributed by atoms with Gasteiger partial charge in [0.1, 0.15) is 0 Å². The Balaban J connectivity index is 2.39. The molecule has 0 aromatic carbocycles. The summed E-state index contributed by atoms with van der Waals surface area (Å²) in [6.45, 7) is 4.53. The summed E-state index contributed by atoms with van der Waals surface area (Å²) < 4.78 is 0. The van der Waals surface area contributed by atoms with Gasteiger partial charge in [-0.1, -0.05) is 19.3 Å². The molecule has 72 valence electrons. The van der Waals surface area contributed by atoms with Crippen molar-refractivity contribution in [1.82, 2.24) is 4.90 Å². The summed E-state index contributed by atoms with van der Waals surface area (Å²) in [5.74, 6) is 4.83. The minimum atomic E-state index is -0.639. The van der Waals surface area contributed by atoms with Crippen LogP contribution in [0.5, 0.6) is 0 Å². The van der Waals surface area contributed by atoms with Crippen LogP contribution in [0.4, 0.5) is 0 Å². The Bertz CT molecular complexity index is 256. The van der Waals surface area contributed by atoms with E-state index in [0.717, 1.165) is 12.8 Å². The summed E-state index contributed by atoms with van der Waals surface area (Å²) in [6.07, 6.45) is 1.70. The third-order valence-electron chi connectivity index (χ3n) is 2.20. The van der Waals surface area contributed by atoms with Crippen molar-refractivity contribution in [3.8, 4) is 11.8 Å². The molecule has 0 spiro atoms. The fourth-order valence-corrected chi connectivity index (χ4v) is 1.62. The van der Waals surface area contributed by atoms with Crippen LogP contribution in [0.15, 0.2) is 0 Å². The molecule has 0 unspecified atom stereocenters. The standard InChI is InChI=1S/C10H15NO2/c1-3-5-9(12)11-7-10(13,8-11)6-4-2/h13H,4,6-8H2,1-2H3. The number of carbonyl (C=O) groups excluding carboxylic acids is 1. The minimum absolute atomic E-state index is 0.178. The van der Waals surface area contributed by atoms with Crippen LogP contribution < -0.4 is 0 Å². The molecule has 3 heteroatoms. The smallest absolute Gasteiger partial charge is 0.298 e. The van der Waals surface area contributed by atoms with Gasteiger partial charge >= 0.3 is 0 Å². The quantitative estimate of drug-likeness (QED) is 0.626. The highest BCUT2D eigenvalue weighted by Crippen LogP contribution is 2.25. The molecule has 1 rings (SSSR count). The number of hydrogen-bond donors (Lipinski definition) is 1. The van der Waals surface area contributed by atoms with Gasteiger partial charge in [0.25, 0.3) is 5.91 Å². The maximum atomic E-state index is 11.2. The number of hydrogen-bond acceptors (Lipinski definition) is 2. The molecule has 1 fully saturated rings. The molecule has 0 aliphatic carbocycles. The van der Waals surface area contributed by atoms with E-state index in [4.69, 9.17) is 0 Å². The van der Waals surface area contributed by atoms with Gasteiger partial charge in [-0.3, -0.25) is 4.79 Å². The Kier molecular flexibility index (Phi) is 2.94. The SMILES string of the molecule is CC#CC(=O)N1CC(O)(CCC)C1. The first-order valence-corrected chi connectivity index (χ1v) is 4.55. The molecule has 3 nitrogen and oxygen atoms in total. The number of β-amino-alcohol motifs (C(OH)–C–C–N with tert-alkyl or cyclic N) is 1.